The fourth-order valence-electron chi connectivity index (χ4n) is 7.09. The summed E-state index contributed by atoms with van der Waals surface area (Å²) in [6, 6.07) is 60.9. The lowest BCUT2D eigenvalue weighted by atomic mass is 9.67. The first-order valence-electron chi connectivity index (χ1n) is 14.7. The SMILES string of the molecule is Clc1ccc(-c2c3c(c(-c4ccccc4)n2-c2ccccc2)C(c2ccccc2)(c2ccccc2)c2ccccc2-3)cc1. The van der Waals surface area contributed by atoms with Crippen molar-refractivity contribution >= 4 is 11.6 Å². The highest BCUT2D eigenvalue weighted by Gasteiger charge is 2.50. The number of halogens is 1. The molecule has 204 valence electrons. The van der Waals surface area contributed by atoms with Gasteiger partial charge in [0.15, 0.2) is 0 Å². The number of rotatable bonds is 5. The fraction of sp³-hybridized carbons (Fsp3) is 0.0244. The molecular formula is C41H28ClN. The molecule has 1 aliphatic rings. The normalized spacial score (nSPS) is 13.0. The predicted octanol–water partition coefficient (Wildman–Crippen LogP) is 10.8. The van der Waals surface area contributed by atoms with Crippen LogP contribution in [0.3, 0.4) is 0 Å². The summed E-state index contributed by atoms with van der Waals surface area (Å²) >= 11 is 6.45. The molecule has 0 N–H and O–H groups in total. The Kier molecular flexibility index (Phi) is 6.14. The second kappa shape index (κ2) is 10.3. The molecule has 1 heterocycles. The van der Waals surface area contributed by atoms with E-state index in [1.807, 2.05) is 12.1 Å². The first-order valence-corrected chi connectivity index (χ1v) is 15.0. The molecule has 43 heavy (non-hydrogen) atoms. The summed E-state index contributed by atoms with van der Waals surface area (Å²) in [5.74, 6) is 0. The van der Waals surface area contributed by atoms with Crippen molar-refractivity contribution in [2.45, 2.75) is 5.41 Å². The lowest BCUT2D eigenvalue weighted by molar-refractivity contribution is 0.767. The zero-order valence-corrected chi connectivity index (χ0v) is 24.2. The number of hydrogen-bond donors (Lipinski definition) is 0. The van der Waals surface area contributed by atoms with Gasteiger partial charge in [-0.25, -0.2) is 0 Å². The molecule has 0 aliphatic heterocycles. The first-order chi connectivity index (χ1) is 21.3. The number of aromatic nitrogens is 1. The van der Waals surface area contributed by atoms with Gasteiger partial charge in [-0.2, -0.15) is 0 Å². The van der Waals surface area contributed by atoms with Crippen molar-refractivity contribution in [3.8, 4) is 39.3 Å². The van der Waals surface area contributed by atoms with Crippen molar-refractivity contribution in [2.75, 3.05) is 0 Å². The van der Waals surface area contributed by atoms with Gasteiger partial charge < -0.3 is 4.57 Å². The Balaban J connectivity index is 1.66. The van der Waals surface area contributed by atoms with Gasteiger partial charge in [0.05, 0.1) is 16.8 Å². The highest BCUT2D eigenvalue weighted by Crippen LogP contribution is 2.62. The lowest BCUT2D eigenvalue weighted by Crippen LogP contribution is -2.29. The van der Waals surface area contributed by atoms with E-state index < -0.39 is 5.41 Å². The third-order valence-corrected chi connectivity index (χ3v) is 8.99. The average Bonchev–Trinajstić information content (AvgIpc) is 3.58. The molecule has 6 aromatic carbocycles. The van der Waals surface area contributed by atoms with E-state index in [4.69, 9.17) is 11.6 Å². The van der Waals surface area contributed by atoms with E-state index in [1.165, 1.54) is 44.6 Å². The van der Waals surface area contributed by atoms with Crippen LogP contribution in [0.15, 0.2) is 170 Å². The van der Waals surface area contributed by atoms with Crippen molar-refractivity contribution in [1.29, 1.82) is 0 Å². The number of nitrogens with zero attached hydrogens (tertiary/aromatic N) is 1. The van der Waals surface area contributed by atoms with Crippen LogP contribution in [0, 0.1) is 0 Å². The molecule has 0 atom stereocenters. The molecule has 0 saturated heterocycles. The molecule has 0 radical (unpaired) electrons. The van der Waals surface area contributed by atoms with Crippen LogP contribution in [-0.2, 0) is 5.41 Å². The molecule has 0 spiro atoms. The second-order valence-corrected chi connectivity index (χ2v) is 11.5. The van der Waals surface area contributed by atoms with Crippen LogP contribution in [0.25, 0.3) is 39.3 Å². The van der Waals surface area contributed by atoms with Crippen LogP contribution in [0.2, 0.25) is 5.02 Å². The van der Waals surface area contributed by atoms with Crippen LogP contribution < -0.4 is 0 Å². The summed E-state index contributed by atoms with van der Waals surface area (Å²) in [7, 11) is 0. The maximum atomic E-state index is 6.45. The Bertz CT molecular complexity index is 2000. The average molecular weight is 570 g/mol. The van der Waals surface area contributed by atoms with Gasteiger partial charge in [0.2, 0.25) is 0 Å². The first kappa shape index (κ1) is 25.6. The molecule has 0 fully saturated rings. The Hall–Kier alpha value is -5.11. The monoisotopic (exact) mass is 569 g/mol. The van der Waals surface area contributed by atoms with Crippen LogP contribution in [0.1, 0.15) is 22.3 Å². The van der Waals surface area contributed by atoms with E-state index in [0.29, 0.717) is 0 Å². The Labute approximate surface area is 257 Å². The molecular weight excluding hydrogens is 542 g/mol. The summed E-state index contributed by atoms with van der Waals surface area (Å²) in [6.07, 6.45) is 0. The van der Waals surface area contributed by atoms with Gasteiger partial charge in [-0.3, -0.25) is 0 Å². The zero-order valence-electron chi connectivity index (χ0n) is 23.5. The van der Waals surface area contributed by atoms with E-state index in [-0.39, 0.29) is 0 Å². The smallest absolute Gasteiger partial charge is 0.0735 e. The van der Waals surface area contributed by atoms with Crippen molar-refractivity contribution in [3.63, 3.8) is 0 Å². The highest BCUT2D eigenvalue weighted by molar-refractivity contribution is 6.30. The minimum absolute atomic E-state index is 0.541. The molecule has 7 aromatic rings. The lowest BCUT2D eigenvalue weighted by Gasteiger charge is -2.34. The molecule has 0 saturated carbocycles. The largest absolute Gasteiger partial charge is 0.308 e. The van der Waals surface area contributed by atoms with Crippen LogP contribution >= 0.6 is 11.6 Å². The minimum atomic E-state index is -0.541. The van der Waals surface area contributed by atoms with E-state index >= 15 is 0 Å². The standard InChI is InChI=1S/C41H28ClN/c42-33-27-25-30(26-28-33)39-37-35-23-13-14-24-36(35)41(31-17-7-2-8-18-31,32-19-9-3-10-20-32)38(37)40(29-15-5-1-6-16-29)43(39)34-21-11-4-12-22-34/h1-28H. The zero-order chi connectivity index (χ0) is 28.8. The van der Waals surface area contributed by atoms with E-state index in [1.54, 1.807) is 0 Å². The summed E-state index contributed by atoms with van der Waals surface area (Å²) in [5.41, 5.74) is 12.8. The highest BCUT2D eigenvalue weighted by atomic mass is 35.5. The van der Waals surface area contributed by atoms with Crippen LogP contribution in [-0.4, -0.2) is 4.57 Å². The molecule has 8 rings (SSSR count). The quantitative estimate of drug-likeness (QED) is 0.194. The van der Waals surface area contributed by atoms with E-state index in [0.717, 1.165) is 22.0 Å². The van der Waals surface area contributed by atoms with E-state index in [2.05, 4.69) is 162 Å². The van der Waals surface area contributed by atoms with Gasteiger partial charge >= 0.3 is 0 Å². The van der Waals surface area contributed by atoms with Crippen LogP contribution in [0.4, 0.5) is 0 Å². The molecule has 2 heteroatoms. The number of hydrogen-bond acceptors (Lipinski definition) is 0. The molecule has 1 aromatic heterocycles. The summed E-state index contributed by atoms with van der Waals surface area (Å²) < 4.78 is 2.47. The Morgan fingerprint density at radius 2 is 0.930 bits per heavy atom. The predicted molar refractivity (Wildman–Crippen MR) is 179 cm³/mol. The van der Waals surface area contributed by atoms with Gasteiger partial charge in [-0.15, -0.1) is 0 Å². The van der Waals surface area contributed by atoms with Crippen molar-refractivity contribution < 1.29 is 0 Å². The number of para-hydroxylation sites is 1. The topological polar surface area (TPSA) is 4.93 Å². The van der Waals surface area contributed by atoms with Gasteiger partial charge in [0.25, 0.3) is 0 Å². The molecule has 1 nitrogen and oxygen atoms in total. The second-order valence-electron chi connectivity index (χ2n) is 11.0. The maximum absolute atomic E-state index is 6.45. The molecule has 0 amide bonds. The molecule has 1 aliphatic carbocycles. The number of fused-ring (bicyclic) bond motifs is 3. The number of benzene rings is 6. The van der Waals surface area contributed by atoms with E-state index in [9.17, 15) is 0 Å². The minimum Gasteiger partial charge on any atom is -0.308 e. The van der Waals surface area contributed by atoms with Gasteiger partial charge in [-0.1, -0.05) is 157 Å². The summed E-state index contributed by atoms with van der Waals surface area (Å²) in [6.45, 7) is 0. The fourth-order valence-corrected chi connectivity index (χ4v) is 7.22. The third-order valence-electron chi connectivity index (χ3n) is 8.74. The summed E-state index contributed by atoms with van der Waals surface area (Å²) in [4.78, 5) is 0. The van der Waals surface area contributed by atoms with Gasteiger partial charge in [-0.05, 0) is 57.6 Å². The maximum Gasteiger partial charge on any atom is 0.0735 e. The molecule has 0 bridgehead atoms. The molecule has 0 unspecified atom stereocenters. The van der Waals surface area contributed by atoms with Gasteiger partial charge in [0.1, 0.15) is 0 Å². The van der Waals surface area contributed by atoms with Gasteiger partial charge in [0, 0.05) is 21.8 Å². The van der Waals surface area contributed by atoms with Crippen molar-refractivity contribution in [1.82, 2.24) is 4.57 Å². The van der Waals surface area contributed by atoms with Crippen molar-refractivity contribution in [2.24, 2.45) is 0 Å². The van der Waals surface area contributed by atoms with Crippen molar-refractivity contribution in [3.05, 3.63) is 197 Å². The van der Waals surface area contributed by atoms with Crippen LogP contribution in [0.5, 0.6) is 0 Å². The third kappa shape index (κ3) is 3.86. The summed E-state index contributed by atoms with van der Waals surface area (Å²) in [5, 5.41) is 0.727. The Morgan fingerprint density at radius 3 is 1.53 bits per heavy atom. The Morgan fingerprint density at radius 1 is 0.442 bits per heavy atom.